The highest BCUT2D eigenvalue weighted by Gasteiger charge is 2.23. The molecule has 3 rings (SSSR count). The molecule has 1 amide bonds. The van der Waals surface area contributed by atoms with Gasteiger partial charge in [0.2, 0.25) is 5.91 Å². The summed E-state index contributed by atoms with van der Waals surface area (Å²) < 4.78 is 0. The number of carbonyl (C=O) groups excluding carboxylic acids is 1. The van der Waals surface area contributed by atoms with E-state index in [9.17, 15) is 4.79 Å². The number of carbonyl (C=O) groups is 1. The zero-order valence-corrected chi connectivity index (χ0v) is 13.1. The third-order valence-corrected chi connectivity index (χ3v) is 4.43. The number of aryl methyl sites for hydroxylation is 2. The molecule has 3 nitrogen and oxygen atoms in total. The summed E-state index contributed by atoms with van der Waals surface area (Å²) in [7, 11) is 0. The van der Waals surface area contributed by atoms with Gasteiger partial charge in [-0.2, -0.15) is 0 Å². The molecule has 3 N–H and O–H groups in total. The lowest BCUT2D eigenvalue weighted by atomic mass is 10.1. The summed E-state index contributed by atoms with van der Waals surface area (Å²) in [6.45, 7) is 0. The first-order valence-corrected chi connectivity index (χ1v) is 7.92. The Morgan fingerprint density at radius 1 is 1.27 bits per heavy atom. The van der Waals surface area contributed by atoms with Crippen molar-refractivity contribution in [2.24, 2.45) is 0 Å². The van der Waals surface area contributed by atoms with Crippen molar-refractivity contribution >= 4 is 23.2 Å². The Labute approximate surface area is 135 Å². The molecule has 2 aromatic carbocycles. The van der Waals surface area contributed by atoms with Crippen LogP contribution in [0.2, 0.25) is 5.02 Å². The van der Waals surface area contributed by atoms with Gasteiger partial charge in [0, 0.05) is 17.1 Å². The van der Waals surface area contributed by atoms with Crippen molar-refractivity contribution in [3.05, 3.63) is 64.2 Å². The van der Waals surface area contributed by atoms with Crippen molar-refractivity contribution in [1.29, 1.82) is 0 Å². The van der Waals surface area contributed by atoms with Crippen LogP contribution in [0.5, 0.6) is 0 Å². The molecular weight excluding hydrogens is 296 g/mol. The predicted octanol–water partition coefficient (Wildman–Crippen LogP) is 3.66. The zero-order chi connectivity index (χ0) is 15.5. The van der Waals surface area contributed by atoms with Crippen molar-refractivity contribution in [3.63, 3.8) is 0 Å². The Morgan fingerprint density at radius 3 is 2.91 bits per heavy atom. The maximum atomic E-state index is 12.2. The minimum Gasteiger partial charge on any atom is -0.399 e. The Morgan fingerprint density at radius 2 is 2.09 bits per heavy atom. The lowest BCUT2D eigenvalue weighted by molar-refractivity contribution is -0.121. The van der Waals surface area contributed by atoms with Gasteiger partial charge in [0.05, 0.1) is 6.04 Å². The third kappa shape index (κ3) is 3.25. The van der Waals surface area contributed by atoms with Crippen LogP contribution >= 0.6 is 11.6 Å². The molecule has 0 heterocycles. The minimum atomic E-state index is 0.0658. The van der Waals surface area contributed by atoms with Gasteiger partial charge in [-0.05, 0) is 54.2 Å². The Kier molecular flexibility index (Phi) is 4.34. The molecule has 0 spiro atoms. The first-order valence-electron chi connectivity index (χ1n) is 7.54. The van der Waals surface area contributed by atoms with Crippen molar-refractivity contribution in [2.45, 2.75) is 31.7 Å². The van der Waals surface area contributed by atoms with Crippen molar-refractivity contribution in [3.8, 4) is 0 Å². The number of hydrogen-bond donors (Lipinski definition) is 2. The van der Waals surface area contributed by atoms with Crippen LogP contribution in [0.4, 0.5) is 5.69 Å². The molecule has 2 aromatic rings. The summed E-state index contributed by atoms with van der Waals surface area (Å²) in [5.74, 6) is 0.0658. The molecule has 0 saturated carbocycles. The highest BCUT2D eigenvalue weighted by atomic mass is 35.5. The van der Waals surface area contributed by atoms with Gasteiger partial charge in [0.25, 0.3) is 0 Å². The fourth-order valence-corrected chi connectivity index (χ4v) is 3.21. The molecule has 114 valence electrons. The fourth-order valence-electron chi connectivity index (χ4n) is 3.01. The molecule has 0 bridgehead atoms. The van der Waals surface area contributed by atoms with Crippen molar-refractivity contribution in [2.75, 3.05) is 5.73 Å². The standard InChI is InChI=1S/C18H19ClN2O/c19-14-7-8-15-13(11-14)5-9-17(15)21-18(22)10-6-12-3-1-2-4-16(12)20/h1-4,7-8,11,17H,5-6,9-10,20H2,(H,21,22). The Balaban J connectivity index is 1.59. The minimum absolute atomic E-state index is 0.0658. The molecule has 1 aliphatic carbocycles. The average Bonchev–Trinajstić information content (AvgIpc) is 2.88. The van der Waals surface area contributed by atoms with Crippen LogP contribution in [0.25, 0.3) is 0 Å². The number of para-hydroxylation sites is 1. The largest absolute Gasteiger partial charge is 0.399 e. The van der Waals surface area contributed by atoms with E-state index < -0.39 is 0 Å². The van der Waals surface area contributed by atoms with E-state index in [1.54, 1.807) is 0 Å². The topological polar surface area (TPSA) is 55.1 Å². The maximum Gasteiger partial charge on any atom is 0.220 e. The van der Waals surface area contributed by atoms with E-state index >= 15 is 0 Å². The van der Waals surface area contributed by atoms with Gasteiger partial charge in [-0.3, -0.25) is 4.79 Å². The van der Waals surface area contributed by atoms with Crippen LogP contribution in [-0.4, -0.2) is 5.91 Å². The monoisotopic (exact) mass is 314 g/mol. The molecule has 1 aliphatic rings. The van der Waals surface area contributed by atoms with E-state index in [4.69, 9.17) is 17.3 Å². The number of nitrogens with two attached hydrogens (primary N) is 1. The molecule has 0 saturated heterocycles. The van der Waals surface area contributed by atoms with Gasteiger partial charge in [0.1, 0.15) is 0 Å². The molecule has 0 fully saturated rings. The number of hydrogen-bond acceptors (Lipinski definition) is 2. The lowest BCUT2D eigenvalue weighted by Gasteiger charge is -2.14. The van der Waals surface area contributed by atoms with Crippen molar-refractivity contribution < 1.29 is 4.79 Å². The van der Waals surface area contributed by atoms with Crippen molar-refractivity contribution in [1.82, 2.24) is 5.32 Å². The molecule has 0 aromatic heterocycles. The molecule has 0 radical (unpaired) electrons. The normalized spacial score (nSPS) is 16.3. The summed E-state index contributed by atoms with van der Waals surface area (Å²) in [6.07, 6.45) is 3.02. The second-order valence-electron chi connectivity index (χ2n) is 5.70. The molecular formula is C18H19ClN2O. The summed E-state index contributed by atoms with van der Waals surface area (Å²) >= 11 is 6.01. The van der Waals surface area contributed by atoms with Crippen LogP contribution < -0.4 is 11.1 Å². The summed E-state index contributed by atoms with van der Waals surface area (Å²) in [5, 5.41) is 3.88. The van der Waals surface area contributed by atoms with Gasteiger partial charge < -0.3 is 11.1 Å². The number of nitrogen functional groups attached to an aromatic ring is 1. The van der Waals surface area contributed by atoms with Gasteiger partial charge in [-0.15, -0.1) is 0 Å². The zero-order valence-electron chi connectivity index (χ0n) is 12.3. The number of rotatable bonds is 4. The van der Waals surface area contributed by atoms with Crippen LogP contribution in [-0.2, 0) is 17.6 Å². The lowest BCUT2D eigenvalue weighted by Crippen LogP contribution is -2.27. The van der Waals surface area contributed by atoms with Gasteiger partial charge in [-0.1, -0.05) is 35.9 Å². The summed E-state index contributed by atoms with van der Waals surface area (Å²) in [6, 6.07) is 13.7. The fraction of sp³-hybridized carbons (Fsp3) is 0.278. The van der Waals surface area contributed by atoms with Crippen LogP contribution in [0, 0.1) is 0 Å². The SMILES string of the molecule is Nc1ccccc1CCC(=O)NC1CCc2cc(Cl)ccc21. The van der Waals surface area contributed by atoms with Crippen LogP contribution in [0.1, 0.15) is 35.6 Å². The quantitative estimate of drug-likeness (QED) is 0.846. The van der Waals surface area contributed by atoms with E-state index in [0.717, 1.165) is 29.1 Å². The highest BCUT2D eigenvalue weighted by Crippen LogP contribution is 2.32. The molecule has 1 atom stereocenters. The number of halogens is 1. The molecule has 1 unspecified atom stereocenters. The average molecular weight is 315 g/mol. The Hall–Kier alpha value is -2.00. The number of fused-ring (bicyclic) bond motifs is 1. The maximum absolute atomic E-state index is 12.2. The molecule has 0 aliphatic heterocycles. The number of nitrogens with one attached hydrogen (secondary N) is 1. The van der Waals surface area contributed by atoms with Gasteiger partial charge in [-0.25, -0.2) is 0 Å². The van der Waals surface area contributed by atoms with Crippen LogP contribution in [0.15, 0.2) is 42.5 Å². The van der Waals surface area contributed by atoms with Crippen LogP contribution in [0.3, 0.4) is 0 Å². The second kappa shape index (κ2) is 6.41. The smallest absolute Gasteiger partial charge is 0.220 e. The van der Waals surface area contributed by atoms with E-state index in [2.05, 4.69) is 5.32 Å². The van der Waals surface area contributed by atoms with E-state index in [1.807, 2.05) is 42.5 Å². The van der Waals surface area contributed by atoms with E-state index in [-0.39, 0.29) is 11.9 Å². The molecule has 22 heavy (non-hydrogen) atoms. The first-order chi connectivity index (χ1) is 10.6. The first kappa shape index (κ1) is 14.9. The number of benzene rings is 2. The van der Waals surface area contributed by atoms with E-state index in [1.165, 1.54) is 11.1 Å². The molecule has 4 heteroatoms. The second-order valence-corrected chi connectivity index (χ2v) is 6.14. The van der Waals surface area contributed by atoms with E-state index in [0.29, 0.717) is 12.8 Å². The van der Waals surface area contributed by atoms with Gasteiger partial charge in [0.15, 0.2) is 0 Å². The highest BCUT2D eigenvalue weighted by molar-refractivity contribution is 6.30. The number of anilines is 1. The predicted molar refractivity (Wildman–Crippen MR) is 89.8 cm³/mol. The number of amides is 1. The van der Waals surface area contributed by atoms with Gasteiger partial charge >= 0.3 is 0 Å². The third-order valence-electron chi connectivity index (χ3n) is 4.19. The summed E-state index contributed by atoms with van der Waals surface area (Å²) in [4.78, 5) is 12.2. The summed E-state index contributed by atoms with van der Waals surface area (Å²) in [5.41, 5.74) is 10.1. The Bertz CT molecular complexity index is 699.